The minimum Gasteiger partial charge on any atom is -0.491 e. The van der Waals surface area contributed by atoms with Gasteiger partial charge in [0.05, 0.1) is 6.61 Å². The van der Waals surface area contributed by atoms with Crippen LogP contribution >= 0.6 is 0 Å². The van der Waals surface area contributed by atoms with E-state index in [0.717, 1.165) is 12.4 Å². The Hall–Kier alpha value is -1.28. The molecule has 2 nitrogen and oxygen atoms in total. The molecule has 0 aromatic heterocycles. The van der Waals surface area contributed by atoms with Crippen LogP contribution in [0.4, 0.5) is 0 Å². The summed E-state index contributed by atoms with van der Waals surface area (Å²) in [4.78, 5) is 0. The Balaban J connectivity index is 1.35. The molecule has 2 rings (SSSR count). The summed E-state index contributed by atoms with van der Waals surface area (Å²) in [7, 11) is 0. The zero-order chi connectivity index (χ0) is 19.7. The fraction of sp³-hybridized carbons (Fsp3) is 0.692. The van der Waals surface area contributed by atoms with E-state index in [2.05, 4.69) is 43.3 Å². The molecule has 0 N–H and O–H groups in total. The Morgan fingerprint density at radius 1 is 0.821 bits per heavy atom. The van der Waals surface area contributed by atoms with Crippen LogP contribution in [-0.4, -0.2) is 19.3 Å². The number of hydrogen-bond donors (Lipinski definition) is 0. The lowest BCUT2D eigenvalue weighted by molar-refractivity contribution is 0.263. The van der Waals surface area contributed by atoms with Crippen LogP contribution in [0.3, 0.4) is 0 Å². The zero-order valence-corrected chi connectivity index (χ0v) is 18.2. The quantitative estimate of drug-likeness (QED) is 0.147. The molecule has 2 heteroatoms. The van der Waals surface area contributed by atoms with Crippen molar-refractivity contribution in [1.82, 2.24) is 0 Å². The molecule has 1 aliphatic rings. The van der Waals surface area contributed by atoms with Gasteiger partial charge in [0, 0.05) is 0 Å². The molecular weight excluding hydrogens is 344 g/mol. The third-order valence-corrected chi connectivity index (χ3v) is 5.49. The highest BCUT2D eigenvalue weighted by atomic mass is 16.6. The van der Waals surface area contributed by atoms with Gasteiger partial charge in [-0.2, -0.15) is 0 Å². The van der Waals surface area contributed by atoms with Gasteiger partial charge in [-0.1, -0.05) is 82.6 Å². The average Bonchev–Trinajstić information content (AvgIpc) is 3.55. The first-order valence-electron chi connectivity index (χ1n) is 11.9. The number of rotatable bonds is 18. The summed E-state index contributed by atoms with van der Waals surface area (Å²) in [5.41, 5.74) is 1.42. The van der Waals surface area contributed by atoms with E-state index in [4.69, 9.17) is 9.47 Å². The second-order valence-electron chi connectivity index (χ2n) is 8.24. The lowest BCUT2D eigenvalue weighted by atomic mass is 10.0. The molecule has 1 fully saturated rings. The predicted octanol–water partition coefficient (Wildman–Crippen LogP) is 7.65. The molecule has 1 unspecified atom stereocenters. The van der Waals surface area contributed by atoms with Crippen molar-refractivity contribution in [2.24, 2.45) is 0 Å². The molecule has 1 aromatic rings. The van der Waals surface area contributed by atoms with E-state index in [9.17, 15) is 0 Å². The van der Waals surface area contributed by atoms with E-state index in [-0.39, 0.29) is 0 Å². The first kappa shape index (κ1) is 23.0. The summed E-state index contributed by atoms with van der Waals surface area (Å²) in [5.74, 6) is 0.961. The monoisotopic (exact) mass is 386 g/mol. The SMILES string of the molecule is CCCCCCCCC/C=C/CCCCCCc1ccc(OCC2CO2)cc1. The Labute approximate surface area is 173 Å². The fourth-order valence-electron chi connectivity index (χ4n) is 3.51. The Bertz CT molecular complexity index is 502. The molecule has 1 aromatic carbocycles. The predicted molar refractivity (Wildman–Crippen MR) is 120 cm³/mol. The Morgan fingerprint density at radius 2 is 1.39 bits per heavy atom. The van der Waals surface area contributed by atoms with Gasteiger partial charge in [-0.05, 0) is 56.2 Å². The van der Waals surface area contributed by atoms with Crippen molar-refractivity contribution >= 4 is 0 Å². The minimum atomic E-state index is 0.329. The molecule has 0 spiro atoms. The maximum absolute atomic E-state index is 5.68. The molecule has 0 saturated carbocycles. The highest BCUT2D eigenvalue weighted by molar-refractivity contribution is 5.27. The van der Waals surface area contributed by atoms with Crippen LogP contribution in [0.2, 0.25) is 0 Å². The number of benzene rings is 1. The molecule has 0 aliphatic carbocycles. The van der Waals surface area contributed by atoms with Crippen LogP contribution in [0.15, 0.2) is 36.4 Å². The van der Waals surface area contributed by atoms with Gasteiger partial charge in [0.25, 0.3) is 0 Å². The molecule has 1 atom stereocenters. The Morgan fingerprint density at radius 3 is 2.00 bits per heavy atom. The fourth-order valence-corrected chi connectivity index (χ4v) is 3.51. The van der Waals surface area contributed by atoms with Crippen LogP contribution in [-0.2, 0) is 11.2 Å². The molecule has 158 valence electrons. The molecule has 0 radical (unpaired) electrons. The van der Waals surface area contributed by atoms with Gasteiger partial charge in [0.15, 0.2) is 0 Å². The molecule has 1 heterocycles. The Kier molecular flexibility index (Phi) is 12.8. The number of ether oxygens (including phenoxy) is 2. The van der Waals surface area contributed by atoms with Crippen LogP contribution in [0.1, 0.15) is 96.0 Å². The van der Waals surface area contributed by atoms with E-state index < -0.39 is 0 Å². The van der Waals surface area contributed by atoms with Crippen LogP contribution < -0.4 is 4.74 Å². The summed E-state index contributed by atoms with van der Waals surface area (Å²) in [5, 5.41) is 0. The summed E-state index contributed by atoms with van der Waals surface area (Å²) >= 11 is 0. The first-order valence-corrected chi connectivity index (χ1v) is 11.9. The van der Waals surface area contributed by atoms with Gasteiger partial charge in [-0.3, -0.25) is 0 Å². The number of allylic oxidation sites excluding steroid dienone is 2. The summed E-state index contributed by atoms with van der Waals surface area (Å²) in [6.45, 7) is 3.83. The second kappa shape index (κ2) is 15.6. The van der Waals surface area contributed by atoms with Crippen molar-refractivity contribution in [3.63, 3.8) is 0 Å². The maximum atomic E-state index is 5.68. The van der Waals surface area contributed by atoms with Crippen molar-refractivity contribution < 1.29 is 9.47 Å². The van der Waals surface area contributed by atoms with Crippen molar-refractivity contribution in [3.8, 4) is 5.75 Å². The van der Waals surface area contributed by atoms with Crippen LogP contribution in [0.5, 0.6) is 5.75 Å². The van der Waals surface area contributed by atoms with Crippen molar-refractivity contribution in [3.05, 3.63) is 42.0 Å². The van der Waals surface area contributed by atoms with Gasteiger partial charge < -0.3 is 9.47 Å². The second-order valence-corrected chi connectivity index (χ2v) is 8.24. The maximum Gasteiger partial charge on any atom is 0.119 e. The van der Waals surface area contributed by atoms with Crippen molar-refractivity contribution in [1.29, 1.82) is 0 Å². The number of hydrogen-bond acceptors (Lipinski definition) is 2. The van der Waals surface area contributed by atoms with Gasteiger partial charge in [0.2, 0.25) is 0 Å². The lowest BCUT2D eigenvalue weighted by Crippen LogP contribution is -2.03. The summed E-state index contributed by atoms with van der Waals surface area (Å²) in [6.07, 6.45) is 24.0. The molecule has 0 amide bonds. The smallest absolute Gasteiger partial charge is 0.119 e. The largest absolute Gasteiger partial charge is 0.491 e. The van der Waals surface area contributed by atoms with Gasteiger partial charge in [-0.15, -0.1) is 0 Å². The molecule has 28 heavy (non-hydrogen) atoms. The van der Waals surface area contributed by atoms with Gasteiger partial charge in [-0.25, -0.2) is 0 Å². The highest BCUT2D eigenvalue weighted by Crippen LogP contribution is 2.17. The molecule has 0 bridgehead atoms. The third-order valence-electron chi connectivity index (χ3n) is 5.49. The van der Waals surface area contributed by atoms with E-state index in [1.807, 2.05) is 0 Å². The molecular formula is C26H42O2. The third kappa shape index (κ3) is 12.2. The highest BCUT2D eigenvalue weighted by Gasteiger charge is 2.22. The van der Waals surface area contributed by atoms with Crippen LogP contribution in [0.25, 0.3) is 0 Å². The van der Waals surface area contributed by atoms with Gasteiger partial charge in [0.1, 0.15) is 18.5 Å². The number of unbranched alkanes of at least 4 members (excludes halogenated alkanes) is 11. The van der Waals surface area contributed by atoms with E-state index in [1.165, 1.54) is 95.5 Å². The van der Waals surface area contributed by atoms with Crippen LogP contribution in [0, 0.1) is 0 Å². The average molecular weight is 387 g/mol. The minimum absolute atomic E-state index is 0.329. The molecule has 1 saturated heterocycles. The van der Waals surface area contributed by atoms with E-state index >= 15 is 0 Å². The lowest BCUT2D eigenvalue weighted by Gasteiger charge is -2.06. The first-order chi connectivity index (χ1) is 13.9. The molecule has 1 aliphatic heterocycles. The van der Waals surface area contributed by atoms with Crippen molar-refractivity contribution in [2.75, 3.05) is 13.2 Å². The zero-order valence-electron chi connectivity index (χ0n) is 18.2. The number of epoxide rings is 1. The summed E-state index contributed by atoms with van der Waals surface area (Å²) in [6, 6.07) is 8.59. The van der Waals surface area contributed by atoms with Crippen molar-refractivity contribution in [2.45, 2.75) is 103 Å². The summed E-state index contributed by atoms with van der Waals surface area (Å²) < 4.78 is 10.8. The van der Waals surface area contributed by atoms with E-state index in [1.54, 1.807) is 0 Å². The number of aryl methyl sites for hydroxylation is 1. The normalized spacial score (nSPS) is 16.0. The topological polar surface area (TPSA) is 21.8 Å². The van der Waals surface area contributed by atoms with E-state index in [0.29, 0.717) is 12.7 Å². The van der Waals surface area contributed by atoms with Gasteiger partial charge >= 0.3 is 0 Å². The standard InChI is InChI=1S/C26H42O2/c1-2-3-4-5-6-7-8-9-10-11-12-13-14-15-16-17-24-18-20-25(21-19-24)27-22-26-23-28-26/h10-11,18-21,26H,2-9,12-17,22-23H2,1H3/b11-10+.